The SMILES string of the molecule is O=C(c1cnc(C(F)(F)F)s1)C1CSc2ccccc2O1. The molecule has 0 amide bonds. The fourth-order valence-electron chi connectivity index (χ4n) is 1.83. The van der Waals surface area contributed by atoms with Gasteiger partial charge in [0.05, 0.1) is 4.88 Å². The first-order chi connectivity index (χ1) is 9.95. The van der Waals surface area contributed by atoms with Gasteiger partial charge in [0.1, 0.15) is 5.75 Å². The van der Waals surface area contributed by atoms with Crippen LogP contribution >= 0.6 is 23.1 Å². The van der Waals surface area contributed by atoms with Gasteiger partial charge in [-0.15, -0.1) is 23.1 Å². The van der Waals surface area contributed by atoms with E-state index >= 15 is 0 Å². The number of halogens is 3. The molecule has 0 aliphatic carbocycles. The molecule has 0 N–H and O–H groups in total. The summed E-state index contributed by atoms with van der Waals surface area (Å²) < 4.78 is 43.1. The molecule has 1 aliphatic heterocycles. The molecule has 1 aromatic heterocycles. The number of thiazole rings is 1. The molecule has 0 saturated carbocycles. The number of aromatic nitrogens is 1. The zero-order chi connectivity index (χ0) is 15.0. The average molecular weight is 331 g/mol. The summed E-state index contributed by atoms with van der Waals surface area (Å²) in [7, 11) is 0. The van der Waals surface area contributed by atoms with Crippen LogP contribution in [0, 0.1) is 0 Å². The van der Waals surface area contributed by atoms with E-state index in [-0.39, 0.29) is 4.88 Å². The molecule has 0 radical (unpaired) electrons. The highest BCUT2D eigenvalue weighted by Gasteiger charge is 2.36. The van der Waals surface area contributed by atoms with E-state index in [1.807, 2.05) is 12.1 Å². The van der Waals surface area contributed by atoms with E-state index in [2.05, 4.69) is 4.98 Å². The van der Waals surface area contributed by atoms with Crippen LogP contribution in [-0.4, -0.2) is 22.6 Å². The highest BCUT2D eigenvalue weighted by Crippen LogP contribution is 2.37. The number of nitrogens with zero attached hydrogens (tertiary/aromatic N) is 1. The molecule has 1 unspecified atom stereocenters. The maximum Gasteiger partial charge on any atom is 0.443 e. The van der Waals surface area contributed by atoms with Crippen molar-refractivity contribution in [3.8, 4) is 5.75 Å². The van der Waals surface area contributed by atoms with E-state index in [4.69, 9.17) is 4.74 Å². The lowest BCUT2D eigenvalue weighted by atomic mass is 10.2. The molecule has 21 heavy (non-hydrogen) atoms. The third-order valence-electron chi connectivity index (χ3n) is 2.79. The molecule has 1 atom stereocenters. The van der Waals surface area contributed by atoms with Gasteiger partial charge >= 0.3 is 6.18 Å². The lowest BCUT2D eigenvalue weighted by Gasteiger charge is -2.23. The maximum atomic E-state index is 12.5. The number of ketones is 1. The van der Waals surface area contributed by atoms with E-state index in [1.165, 1.54) is 11.8 Å². The summed E-state index contributed by atoms with van der Waals surface area (Å²) in [5.74, 6) is 0.479. The number of fused-ring (bicyclic) bond motifs is 1. The highest BCUT2D eigenvalue weighted by molar-refractivity contribution is 7.99. The van der Waals surface area contributed by atoms with Gasteiger partial charge in [0.25, 0.3) is 0 Å². The van der Waals surface area contributed by atoms with Gasteiger partial charge in [-0.25, -0.2) is 4.98 Å². The largest absolute Gasteiger partial charge is 0.480 e. The second kappa shape index (κ2) is 5.34. The summed E-state index contributed by atoms with van der Waals surface area (Å²) in [5, 5.41) is -1.02. The topological polar surface area (TPSA) is 39.2 Å². The number of carbonyl (C=O) groups is 1. The van der Waals surface area contributed by atoms with Gasteiger partial charge in [-0.1, -0.05) is 12.1 Å². The zero-order valence-corrected chi connectivity index (χ0v) is 12.0. The number of rotatable bonds is 2. The Labute approximate surface area is 126 Å². The Morgan fingerprint density at radius 3 is 2.81 bits per heavy atom. The van der Waals surface area contributed by atoms with Crippen molar-refractivity contribution in [3.05, 3.63) is 40.3 Å². The van der Waals surface area contributed by atoms with Crippen LogP contribution in [0.25, 0.3) is 0 Å². The van der Waals surface area contributed by atoms with Crippen LogP contribution in [0.15, 0.2) is 35.4 Å². The molecule has 8 heteroatoms. The number of hydrogen-bond acceptors (Lipinski definition) is 5. The number of alkyl halides is 3. The van der Waals surface area contributed by atoms with Crippen LogP contribution in [0.2, 0.25) is 0 Å². The summed E-state index contributed by atoms with van der Waals surface area (Å²) in [6, 6.07) is 7.24. The molecule has 0 fully saturated rings. The minimum atomic E-state index is -4.53. The van der Waals surface area contributed by atoms with Crippen LogP contribution in [0.1, 0.15) is 14.7 Å². The molecule has 3 rings (SSSR count). The van der Waals surface area contributed by atoms with E-state index in [1.54, 1.807) is 12.1 Å². The minimum Gasteiger partial charge on any atom is -0.480 e. The lowest BCUT2D eigenvalue weighted by Crippen LogP contribution is -2.31. The molecule has 0 bridgehead atoms. The Hall–Kier alpha value is -1.54. The van der Waals surface area contributed by atoms with Crippen LogP contribution in [0.4, 0.5) is 13.2 Å². The number of ether oxygens (including phenoxy) is 1. The van der Waals surface area contributed by atoms with Gasteiger partial charge in [0, 0.05) is 16.8 Å². The number of hydrogen-bond donors (Lipinski definition) is 0. The van der Waals surface area contributed by atoms with Crippen LogP contribution in [-0.2, 0) is 6.18 Å². The molecular weight excluding hydrogens is 323 g/mol. The van der Waals surface area contributed by atoms with Gasteiger partial charge < -0.3 is 4.74 Å². The molecule has 2 heterocycles. The summed E-state index contributed by atoms with van der Waals surface area (Å²) in [6.45, 7) is 0. The molecule has 0 spiro atoms. The Bertz CT molecular complexity index is 684. The minimum absolute atomic E-state index is 0.0349. The second-order valence-corrected chi connectivity index (χ2v) is 6.35. The van der Waals surface area contributed by atoms with Crippen molar-refractivity contribution < 1.29 is 22.7 Å². The molecule has 3 nitrogen and oxygen atoms in total. The first-order valence-electron chi connectivity index (χ1n) is 5.91. The predicted octanol–water partition coefficient (Wildman–Crippen LogP) is 3.90. The van der Waals surface area contributed by atoms with Gasteiger partial charge in [-0.05, 0) is 12.1 Å². The Morgan fingerprint density at radius 1 is 1.33 bits per heavy atom. The molecular formula is C13H8F3NO2S2. The molecule has 1 aromatic carbocycles. The van der Waals surface area contributed by atoms with Crippen molar-refractivity contribution in [2.24, 2.45) is 0 Å². The molecule has 2 aromatic rings. The van der Waals surface area contributed by atoms with E-state index in [0.717, 1.165) is 11.1 Å². The quantitative estimate of drug-likeness (QED) is 0.783. The van der Waals surface area contributed by atoms with Gasteiger partial charge in [0.2, 0.25) is 5.78 Å². The second-order valence-electron chi connectivity index (χ2n) is 4.26. The van der Waals surface area contributed by atoms with E-state index in [0.29, 0.717) is 22.8 Å². The maximum absolute atomic E-state index is 12.5. The number of para-hydroxylation sites is 1. The molecule has 0 saturated heterocycles. The molecule has 110 valence electrons. The first-order valence-corrected chi connectivity index (χ1v) is 7.71. The van der Waals surface area contributed by atoms with Gasteiger partial charge in [-0.2, -0.15) is 13.2 Å². The fourth-order valence-corrected chi connectivity index (χ4v) is 3.58. The summed E-state index contributed by atoms with van der Waals surface area (Å²) in [6.07, 6.45) is -4.35. The lowest BCUT2D eigenvalue weighted by molar-refractivity contribution is -0.137. The normalized spacial score (nSPS) is 18.0. The third-order valence-corrected chi connectivity index (χ3v) is 4.97. The van der Waals surface area contributed by atoms with Gasteiger partial charge in [0.15, 0.2) is 11.1 Å². The average Bonchev–Trinajstić information content (AvgIpc) is 2.96. The number of Topliss-reactive ketones (excluding diaryl/α,β-unsaturated/α-hetero) is 1. The Kier molecular flexibility index (Phi) is 3.66. The van der Waals surface area contributed by atoms with Crippen molar-refractivity contribution in [1.82, 2.24) is 4.98 Å². The van der Waals surface area contributed by atoms with Crippen LogP contribution in [0.5, 0.6) is 5.75 Å². The number of carbonyl (C=O) groups excluding carboxylic acids is 1. The monoisotopic (exact) mass is 331 g/mol. The van der Waals surface area contributed by atoms with Crippen LogP contribution in [0.3, 0.4) is 0 Å². The Morgan fingerprint density at radius 2 is 2.10 bits per heavy atom. The van der Waals surface area contributed by atoms with E-state index in [9.17, 15) is 18.0 Å². The first kappa shape index (κ1) is 14.4. The summed E-state index contributed by atoms with van der Waals surface area (Å²) in [4.78, 5) is 16.4. The molecule has 1 aliphatic rings. The van der Waals surface area contributed by atoms with E-state index < -0.39 is 23.1 Å². The van der Waals surface area contributed by atoms with Crippen molar-refractivity contribution in [1.29, 1.82) is 0 Å². The zero-order valence-electron chi connectivity index (χ0n) is 10.4. The highest BCUT2D eigenvalue weighted by atomic mass is 32.2. The van der Waals surface area contributed by atoms with Crippen molar-refractivity contribution >= 4 is 28.9 Å². The smallest absolute Gasteiger partial charge is 0.443 e. The fraction of sp³-hybridized carbons (Fsp3) is 0.231. The van der Waals surface area contributed by atoms with Crippen LogP contribution < -0.4 is 4.74 Å². The third kappa shape index (κ3) is 2.91. The van der Waals surface area contributed by atoms with Crippen molar-refractivity contribution in [2.75, 3.05) is 5.75 Å². The standard InChI is InChI=1S/C13H8F3NO2S2/c14-13(15,16)12-17-5-10(21-12)11(18)8-6-20-9-4-2-1-3-7(9)19-8/h1-5,8H,6H2. The number of thioether (sulfide) groups is 1. The van der Waals surface area contributed by atoms with Crippen molar-refractivity contribution in [3.63, 3.8) is 0 Å². The number of benzene rings is 1. The predicted molar refractivity (Wildman–Crippen MR) is 73.0 cm³/mol. The van der Waals surface area contributed by atoms with Crippen molar-refractivity contribution in [2.45, 2.75) is 17.2 Å². The Balaban J connectivity index is 1.79. The summed E-state index contributed by atoms with van der Waals surface area (Å²) in [5.41, 5.74) is 0. The van der Waals surface area contributed by atoms with Gasteiger partial charge in [-0.3, -0.25) is 4.79 Å². The summed E-state index contributed by atoms with van der Waals surface area (Å²) >= 11 is 1.80.